The number of aliphatic hydroxyl groups excluding tert-OH is 1. The molecule has 0 aliphatic rings. The average Bonchev–Trinajstić information content (AvgIpc) is 1.38. The molecule has 0 radical (unpaired) electrons. The van der Waals surface area contributed by atoms with E-state index in [2.05, 4.69) is 4.74 Å². The zero-order chi connectivity index (χ0) is 4.28. The Morgan fingerprint density at radius 3 is 2.20 bits per heavy atom. The molecule has 0 rings (SSSR count). The van der Waals surface area contributed by atoms with Gasteiger partial charge in [0, 0.05) is 7.11 Å². The highest BCUT2D eigenvalue weighted by atomic mass is 35.5. The van der Waals surface area contributed by atoms with Crippen LogP contribution >= 0.6 is 11.6 Å². The fourth-order valence-corrected chi connectivity index (χ4v) is 0. The van der Waals surface area contributed by atoms with Crippen LogP contribution in [-0.4, -0.2) is 18.0 Å². The van der Waals surface area contributed by atoms with Gasteiger partial charge in [-0.3, -0.25) is 0 Å². The molecule has 1 N–H and O–H groups in total. The summed E-state index contributed by atoms with van der Waals surface area (Å²) in [5.74, 6) is -1.14. The molecular weight excluding hydrogens is 91.5 g/mol. The molecule has 0 aromatic carbocycles. The summed E-state index contributed by atoms with van der Waals surface area (Å²) in [5, 5.41) is 7.90. The van der Waals surface area contributed by atoms with Crippen LogP contribution in [0.2, 0.25) is 0 Å². The minimum absolute atomic E-state index is 1.14. The van der Waals surface area contributed by atoms with E-state index >= 15 is 0 Å². The minimum atomic E-state index is -1.14. The molecule has 32 valence electrons. The molecule has 3 heteroatoms. The number of halogens is 1. The minimum Gasteiger partial charge on any atom is -0.356 e. The van der Waals surface area contributed by atoms with Gasteiger partial charge in [0.15, 0.2) is 0 Å². The van der Waals surface area contributed by atoms with Gasteiger partial charge in [0.2, 0.25) is 5.75 Å². The van der Waals surface area contributed by atoms with E-state index in [0.717, 1.165) is 0 Å². The van der Waals surface area contributed by atoms with Crippen molar-refractivity contribution in [3.8, 4) is 0 Å². The molecule has 0 aliphatic carbocycles. The molecule has 0 saturated heterocycles. The Bertz CT molecular complexity index is 21.6. The van der Waals surface area contributed by atoms with Gasteiger partial charge in [0.25, 0.3) is 0 Å². The van der Waals surface area contributed by atoms with Crippen LogP contribution in [0.25, 0.3) is 0 Å². The van der Waals surface area contributed by atoms with E-state index in [0.29, 0.717) is 0 Å². The van der Waals surface area contributed by atoms with Gasteiger partial charge in [0.05, 0.1) is 0 Å². The second kappa shape index (κ2) is 2.45. The number of alkyl halides is 1. The lowest BCUT2D eigenvalue weighted by Gasteiger charge is -1.91. The van der Waals surface area contributed by atoms with E-state index in [9.17, 15) is 0 Å². The third-order valence-corrected chi connectivity index (χ3v) is 0.373. The molecule has 1 unspecified atom stereocenters. The second-order valence-electron chi connectivity index (χ2n) is 0.528. The second-order valence-corrected chi connectivity index (χ2v) is 0.901. The Balaban J connectivity index is 2.54. The van der Waals surface area contributed by atoms with Gasteiger partial charge < -0.3 is 9.84 Å². The Hall–Kier alpha value is 0.210. The first-order valence-electron chi connectivity index (χ1n) is 1.12. The smallest absolute Gasteiger partial charge is 0.234 e. The van der Waals surface area contributed by atoms with Gasteiger partial charge in [-0.25, -0.2) is 0 Å². The van der Waals surface area contributed by atoms with Crippen LogP contribution in [0.4, 0.5) is 0 Å². The predicted octanol–water partition coefficient (Wildman–Crippen LogP) is 0.148. The number of ether oxygens (including phenoxy) is 1. The molecule has 0 spiro atoms. The van der Waals surface area contributed by atoms with Gasteiger partial charge >= 0.3 is 0 Å². The van der Waals surface area contributed by atoms with E-state index < -0.39 is 5.75 Å². The van der Waals surface area contributed by atoms with E-state index in [4.69, 9.17) is 16.7 Å². The van der Waals surface area contributed by atoms with Crippen molar-refractivity contribution in [3.63, 3.8) is 0 Å². The van der Waals surface area contributed by atoms with Crippen LogP contribution < -0.4 is 0 Å². The fraction of sp³-hybridized carbons (Fsp3) is 1.00. The monoisotopic (exact) mass is 96.0 g/mol. The van der Waals surface area contributed by atoms with Crippen LogP contribution in [0, 0.1) is 0 Å². The molecule has 2 nitrogen and oxygen atoms in total. The summed E-state index contributed by atoms with van der Waals surface area (Å²) >= 11 is 4.80. The lowest BCUT2D eigenvalue weighted by Crippen LogP contribution is -1.95. The molecule has 1 atom stereocenters. The summed E-state index contributed by atoms with van der Waals surface area (Å²) in [5.41, 5.74) is 0. The molecule has 0 heterocycles. The van der Waals surface area contributed by atoms with Crippen molar-refractivity contribution in [3.05, 3.63) is 0 Å². The fourth-order valence-electron chi connectivity index (χ4n) is 0. The SMILES string of the molecule is COC(O)Cl. The molecule has 0 fully saturated rings. The number of rotatable bonds is 1. The summed E-state index contributed by atoms with van der Waals surface area (Å²) in [6.07, 6.45) is 0. The first kappa shape index (κ1) is 5.21. The van der Waals surface area contributed by atoms with Crippen LogP contribution in [0.1, 0.15) is 0 Å². The van der Waals surface area contributed by atoms with Crippen molar-refractivity contribution in [2.24, 2.45) is 0 Å². The van der Waals surface area contributed by atoms with Crippen molar-refractivity contribution in [1.29, 1.82) is 0 Å². The van der Waals surface area contributed by atoms with Crippen molar-refractivity contribution < 1.29 is 9.84 Å². The summed E-state index contributed by atoms with van der Waals surface area (Å²) < 4.78 is 4.07. The van der Waals surface area contributed by atoms with Gasteiger partial charge in [-0.15, -0.1) is 0 Å². The van der Waals surface area contributed by atoms with Gasteiger partial charge in [-0.05, 0) is 0 Å². The summed E-state index contributed by atoms with van der Waals surface area (Å²) in [6.45, 7) is 0. The van der Waals surface area contributed by atoms with E-state index in [1.54, 1.807) is 0 Å². The average molecular weight is 96.5 g/mol. The maximum absolute atomic E-state index is 7.90. The maximum atomic E-state index is 7.90. The summed E-state index contributed by atoms with van der Waals surface area (Å²) in [7, 11) is 1.32. The van der Waals surface area contributed by atoms with Gasteiger partial charge in [0.1, 0.15) is 0 Å². The standard InChI is InChI=1S/C2H5ClO2/c1-5-2(3)4/h2,4H,1H3. The third-order valence-electron chi connectivity index (χ3n) is 0.194. The molecule has 0 amide bonds. The van der Waals surface area contributed by atoms with Gasteiger partial charge in [-0.2, -0.15) is 0 Å². The lowest BCUT2D eigenvalue weighted by molar-refractivity contribution is -0.00765. The molecule has 0 saturated carbocycles. The van der Waals surface area contributed by atoms with Crippen molar-refractivity contribution in [1.82, 2.24) is 0 Å². The molecule has 0 aliphatic heterocycles. The van der Waals surface area contributed by atoms with E-state index in [1.165, 1.54) is 7.11 Å². The van der Waals surface area contributed by atoms with Crippen LogP contribution in [0.5, 0.6) is 0 Å². The first-order valence-corrected chi connectivity index (χ1v) is 1.56. The van der Waals surface area contributed by atoms with Crippen molar-refractivity contribution in [2.75, 3.05) is 7.11 Å². The van der Waals surface area contributed by atoms with Crippen molar-refractivity contribution in [2.45, 2.75) is 5.75 Å². The number of aliphatic hydroxyl groups is 1. The maximum Gasteiger partial charge on any atom is 0.234 e. The normalized spacial score (nSPS) is 15.0. The number of hydrogen-bond donors (Lipinski definition) is 1. The van der Waals surface area contributed by atoms with Crippen LogP contribution in [0.15, 0.2) is 0 Å². The molecule has 5 heavy (non-hydrogen) atoms. The molecule has 0 aromatic heterocycles. The van der Waals surface area contributed by atoms with E-state index in [1.807, 2.05) is 0 Å². The zero-order valence-electron chi connectivity index (χ0n) is 2.81. The number of methoxy groups -OCH3 is 1. The first-order chi connectivity index (χ1) is 2.27. The molecule has 0 aromatic rings. The highest BCUT2D eigenvalue weighted by Gasteiger charge is 1.84. The van der Waals surface area contributed by atoms with Crippen LogP contribution in [-0.2, 0) is 4.74 Å². The summed E-state index contributed by atoms with van der Waals surface area (Å²) in [4.78, 5) is 0. The van der Waals surface area contributed by atoms with Crippen LogP contribution in [0.3, 0.4) is 0 Å². The third kappa shape index (κ3) is 4.21. The topological polar surface area (TPSA) is 29.5 Å². The van der Waals surface area contributed by atoms with Gasteiger partial charge in [-0.1, -0.05) is 11.6 Å². The Labute approximate surface area is 35.3 Å². The lowest BCUT2D eigenvalue weighted by atomic mass is 11.4. The Kier molecular flexibility index (Phi) is 2.55. The summed E-state index contributed by atoms with van der Waals surface area (Å²) in [6, 6.07) is 0. The van der Waals surface area contributed by atoms with Crippen molar-refractivity contribution >= 4 is 11.6 Å². The zero-order valence-corrected chi connectivity index (χ0v) is 3.57. The Morgan fingerprint density at radius 1 is 2.00 bits per heavy atom. The highest BCUT2D eigenvalue weighted by Crippen LogP contribution is 1.84. The predicted molar refractivity (Wildman–Crippen MR) is 18.9 cm³/mol. The van der Waals surface area contributed by atoms with E-state index in [-0.39, 0.29) is 0 Å². The largest absolute Gasteiger partial charge is 0.356 e. The molecular formula is C2H5ClO2. The molecule has 0 bridgehead atoms. The Morgan fingerprint density at radius 2 is 2.20 bits per heavy atom. The highest BCUT2D eigenvalue weighted by molar-refractivity contribution is 6.18. The quantitative estimate of drug-likeness (QED) is 0.372. The number of hydrogen-bond acceptors (Lipinski definition) is 2.